The van der Waals surface area contributed by atoms with Gasteiger partial charge in [0.2, 0.25) is 0 Å². The Bertz CT molecular complexity index is 473. The SMILES string of the molecule is CC=CC#CC#CC=CC=CCCCCCCOC(C)=O. The van der Waals surface area contributed by atoms with Crippen LogP contribution in [0.15, 0.2) is 36.5 Å². The summed E-state index contributed by atoms with van der Waals surface area (Å²) in [4.78, 5) is 10.5. The molecule has 0 saturated heterocycles. The summed E-state index contributed by atoms with van der Waals surface area (Å²) < 4.78 is 4.87. The zero-order valence-corrected chi connectivity index (χ0v) is 13.0. The van der Waals surface area contributed by atoms with E-state index in [2.05, 4.69) is 29.8 Å². The molecule has 0 aliphatic rings. The summed E-state index contributed by atoms with van der Waals surface area (Å²) in [5.74, 6) is 10.9. The van der Waals surface area contributed by atoms with Gasteiger partial charge in [-0.15, -0.1) is 0 Å². The van der Waals surface area contributed by atoms with Gasteiger partial charge in [-0.05, 0) is 50.2 Å². The largest absolute Gasteiger partial charge is 0.466 e. The number of rotatable bonds is 8. The minimum atomic E-state index is -0.194. The van der Waals surface area contributed by atoms with Gasteiger partial charge in [0, 0.05) is 6.92 Å². The minimum Gasteiger partial charge on any atom is -0.466 e. The number of carbonyl (C=O) groups excluding carboxylic acids is 1. The number of ether oxygens (including phenoxy) is 1. The molecule has 0 atom stereocenters. The van der Waals surface area contributed by atoms with E-state index in [4.69, 9.17) is 4.74 Å². The smallest absolute Gasteiger partial charge is 0.302 e. The van der Waals surface area contributed by atoms with Gasteiger partial charge < -0.3 is 4.74 Å². The highest BCUT2D eigenvalue weighted by molar-refractivity contribution is 5.65. The van der Waals surface area contributed by atoms with Crippen molar-refractivity contribution in [3.8, 4) is 23.7 Å². The van der Waals surface area contributed by atoms with E-state index >= 15 is 0 Å². The number of allylic oxidation sites excluding steroid dienone is 6. The highest BCUT2D eigenvalue weighted by Gasteiger charge is 1.92. The molecule has 2 heteroatoms. The Morgan fingerprint density at radius 2 is 1.71 bits per heavy atom. The third-order valence-electron chi connectivity index (χ3n) is 2.45. The summed E-state index contributed by atoms with van der Waals surface area (Å²) in [6, 6.07) is 0. The fourth-order valence-electron chi connectivity index (χ4n) is 1.45. The van der Waals surface area contributed by atoms with Crippen LogP contribution in [0.25, 0.3) is 0 Å². The standard InChI is InChI=1S/C19H24O2/c1-3-4-5-6-7-8-9-10-11-12-13-14-15-16-17-18-21-19(2)20/h3-4,9-12H,13-18H2,1-2H3. The van der Waals surface area contributed by atoms with Crippen LogP contribution in [0.5, 0.6) is 0 Å². The van der Waals surface area contributed by atoms with Crippen molar-refractivity contribution in [1.29, 1.82) is 0 Å². The predicted octanol–water partition coefficient (Wildman–Crippen LogP) is 4.20. The maximum absolute atomic E-state index is 10.5. The number of hydrogen-bond donors (Lipinski definition) is 0. The Kier molecular flexibility index (Phi) is 14.2. The van der Waals surface area contributed by atoms with Gasteiger partial charge in [0.1, 0.15) is 0 Å². The molecule has 0 aromatic heterocycles. The molecule has 0 heterocycles. The molecule has 0 unspecified atom stereocenters. The van der Waals surface area contributed by atoms with Gasteiger partial charge in [0.25, 0.3) is 0 Å². The number of esters is 1. The summed E-state index contributed by atoms with van der Waals surface area (Å²) in [6.07, 6.45) is 16.9. The molecule has 2 nitrogen and oxygen atoms in total. The maximum atomic E-state index is 10.5. The third-order valence-corrected chi connectivity index (χ3v) is 2.45. The van der Waals surface area contributed by atoms with Crippen LogP contribution in [0.3, 0.4) is 0 Å². The average molecular weight is 284 g/mol. The monoisotopic (exact) mass is 284 g/mol. The molecule has 0 spiro atoms. The molecule has 0 aliphatic carbocycles. The van der Waals surface area contributed by atoms with Crippen LogP contribution in [0.2, 0.25) is 0 Å². The van der Waals surface area contributed by atoms with Gasteiger partial charge in [0.05, 0.1) is 6.61 Å². The molecule has 0 bridgehead atoms. The van der Waals surface area contributed by atoms with Gasteiger partial charge in [-0.1, -0.05) is 49.0 Å². The van der Waals surface area contributed by atoms with Gasteiger partial charge in [-0.2, -0.15) is 0 Å². The van der Waals surface area contributed by atoms with Gasteiger partial charge in [-0.25, -0.2) is 0 Å². The predicted molar refractivity (Wildman–Crippen MR) is 88.4 cm³/mol. The van der Waals surface area contributed by atoms with Crippen molar-refractivity contribution in [3.63, 3.8) is 0 Å². The third kappa shape index (κ3) is 17.8. The lowest BCUT2D eigenvalue weighted by atomic mass is 10.1. The van der Waals surface area contributed by atoms with Crippen LogP contribution in [0.4, 0.5) is 0 Å². The Hall–Kier alpha value is -2.19. The fraction of sp³-hybridized carbons (Fsp3) is 0.421. The van der Waals surface area contributed by atoms with E-state index in [0.717, 1.165) is 32.1 Å². The first kappa shape index (κ1) is 18.8. The highest BCUT2D eigenvalue weighted by atomic mass is 16.5. The van der Waals surface area contributed by atoms with Crippen molar-refractivity contribution in [1.82, 2.24) is 0 Å². The molecule has 0 rings (SSSR count). The van der Waals surface area contributed by atoms with Gasteiger partial charge in [-0.3, -0.25) is 4.79 Å². The lowest BCUT2D eigenvalue weighted by molar-refractivity contribution is -0.141. The zero-order chi connectivity index (χ0) is 15.6. The Balaban J connectivity index is 3.48. The van der Waals surface area contributed by atoms with Crippen LogP contribution in [0.1, 0.15) is 46.0 Å². The van der Waals surface area contributed by atoms with Crippen molar-refractivity contribution in [2.45, 2.75) is 46.0 Å². The van der Waals surface area contributed by atoms with Crippen LogP contribution in [0, 0.1) is 23.7 Å². The second kappa shape index (κ2) is 15.9. The van der Waals surface area contributed by atoms with E-state index in [1.807, 2.05) is 25.2 Å². The van der Waals surface area contributed by atoms with Crippen LogP contribution in [-0.4, -0.2) is 12.6 Å². The quantitative estimate of drug-likeness (QED) is 0.289. The molecular formula is C19H24O2. The average Bonchev–Trinajstić information content (AvgIpc) is 2.46. The van der Waals surface area contributed by atoms with Crippen molar-refractivity contribution < 1.29 is 9.53 Å². The van der Waals surface area contributed by atoms with E-state index in [1.54, 1.807) is 12.2 Å². The van der Waals surface area contributed by atoms with Crippen molar-refractivity contribution in [2.24, 2.45) is 0 Å². The molecule has 0 radical (unpaired) electrons. The molecule has 21 heavy (non-hydrogen) atoms. The van der Waals surface area contributed by atoms with E-state index in [0.29, 0.717) is 6.61 Å². The summed E-state index contributed by atoms with van der Waals surface area (Å²) in [7, 11) is 0. The Morgan fingerprint density at radius 3 is 2.43 bits per heavy atom. The second-order valence-electron chi connectivity index (χ2n) is 4.37. The molecule has 0 N–H and O–H groups in total. The normalized spacial score (nSPS) is 10.4. The summed E-state index contributed by atoms with van der Waals surface area (Å²) in [5, 5.41) is 0. The number of carbonyl (C=O) groups is 1. The summed E-state index contributed by atoms with van der Waals surface area (Å²) >= 11 is 0. The topological polar surface area (TPSA) is 26.3 Å². The minimum absolute atomic E-state index is 0.194. The van der Waals surface area contributed by atoms with Crippen molar-refractivity contribution in [2.75, 3.05) is 6.61 Å². The van der Waals surface area contributed by atoms with E-state index in [9.17, 15) is 4.79 Å². The molecule has 112 valence electrons. The molecule has 0 amide bonds. The first-order valence-corrected chi connectivity index (χ1v) is 7.34. The summed E-state index contributed by atoms with van der Waals surface area (Å²) in [5.41, 5.74) is 0. The number of hydrogen-bond acceptors (Lipinski definition) is 2. The van der Waals surface area contributed by atoms with E-state index in [1.165, 1.54) is 6.92 Å². The molecule has 0 aromatic rings. The van der Waals surface area contributed by atoms with Crippen molar-refractivity contribution in [3.05, 3.63) is 36.5 Å². The lowest BCUT2D eigenvalue weighted by Gasteiger charge is -2.00. The highest BCUT2D eigenvalue weighted by Crippen LogP contribution is 2.04. The van der Waals surface area contributed by atoms with Crippen LogP contribution in [-0.2, 0) is 9.53 Å². The molecule has 0 fully saturated rings. The first-order valence-electron chi connectivity index (χ1n) is 7.34. The number of unbranched alkanes of at least 4 members (excludes halogenated alkanes) is 4. The molecular weight excluding hydrogens is 260 g/mol. The molecule has 0 saturated carbocycles. The Labute approximate surface area is 129 Å². The van der Waals surface area contributed by atoms with Crippen LogP contribution < -0.4 is 0 Å². The maximum Gasteiger partial charge on any atom is 0.302 e. The van der Waals surface area contributed by atoms with E-state index in [-0.39, 0.29) is 5.97 Å². The molecule has 0 aliphatic heterocycles. The Morgan fingerprint density at radius 1 is 1.00 bits per heavy atom. The summed E-state index contributed by atoms with van der Waals surface area (Å²) in [6.45, 7) is 3.91. The fourth-order valence-corrected chi connectivity index (χ4v) is 1.45. The van der Waals surface area contributed by atoms with Crippen LogP contribution >= 0.6 is 0 Å². The first-order chi connectivity index (χ1) is 10.3. The van der Waals surface area contributed by atoms with Gasteiger partial charge >= 0.3 is 5.97 Å². The van der Waals surface area contributed by atoms with Gasteiger partial charge in [0.15, 0.2) is 0 Å². The molecule has 0 aromatic carbocycles. The lowest BCUT2D eigenvalue weighted by Crippen LogP contribution is -1.99. The second-order valence-corrected chi connectivity index (χ2v) is 4.37. The van der Waals surface area contributed by atoms with Crippen molar-refractivity contribution >= 4 is 5.97 Å². The van der Waals surface area contributed by atoms with E-state index < -0.39 is 0 Å². The zero-order valence-electron chi connectivity index (χ0n) is 13.0.